The third kappa shape index (κ3) is 5.27. The molecule has 1 aromatic heterocycles. The van der Waals surface area contributed by atoms with E-state index in [1.54, 1.807) is 24.7 Å². The minimum atomic E-state index is -0.268. The van der Waals surface area contributed by atoms with E-state index in [0.717, 1.165) is 11.3 Å². The zero-order valence-corrected chi connectivity index (χ0v) is 14.2. The Balaban J connectivity index is 1.67. The van der Waals surface area contributed by atoms with Crippen LogP contribution in [0.25, 0.3) is 6.08 Å². The third-order valence-corrected chi connectivity index (χ3v) is 3.67. The van der Waals surface area contributed by atoms with Gasteiger partial charge in [0.05, 0.1) is 17.9 Å². The second-order valence-electron chi connectivity index (χ2n) is 5.56. The van der Waals surface area contributed by atoms with Crippen molar-refractivity contribution >= 4 is 12.0 Å². The minimum Gasteiger partial charge on any atom is -0.491 e. The van der Waals surface area contributed by atoms with Gasteiger partial charge in [-0.1, -0.05) is 48.5 Å². The number of nitrogens with zero attached hydrogens (tertiary/aromatic N) is 2. The van der Waals surface area contributed by atoms with Crippen LogP contribution in [0.3, 0.4) is 0 Å². The maximum absolute atomic E-state index is 12.3. The zero-order chi connectivity index (χ0) is 18.0. The van der Waals surface area contributed by atoms with Gasteiger partial charge in [-0.05, 0) is 23.8 Å². The molecule has 1 N–H and O–H groups in total. The summed E-state index contributed by atoms with van der Waals surface area (Å²) in [6.07, 6.45) is 7.84. The average Bonchev–Trinajstić information content (AvgIpc) is 2.72. The van der Waals surface area contributed by atoms with Crippen LogP contribution in [0.1, 0.15) is 17.3 Å². The van der Waals surface area contributed by atoms with Crippen molar-refractivity contribution in [2.45, 2.75) is 6.04 Å². The number of hydrogen-bond acceptors (Lipinski definition) is 4. The van der Waals surface area contributed by atoms with Crippen molar-refractivity contribution in [1.82, 2.24) is 15.3 Å². The highest BCUT2D eigenvalue weighted by atomic mass is 16.5. The van der Waals surface area contributed by atoms with Crippen molar-refractivity contribution in [2.75, 3.05) is 6.61 Å². The highest BCUT2D eigenvalue weighted by Crippen LogP contribution is 2.16. The van der Waals surface area contributed by atoms with E-state index in [1.165, 1.54) is 6.08 Å². The van der Waals surface area contributed by atoms with Gasteiger partial charge in [-0.25, -0.2) is 0 Å². The van der Waals surface area contributed by atoms with Crippen molar-refractivity contribution in [3.8, 4) is 5.75 Å². The van der Waals surface area contributed by atoms with E-state index < -0.39 is 0 Å². The Kier molecular flexibility index (Phi) is 6.09. The van der Waals surface area contributed by atoms with Gasteiger partial charge in [0.15, 0.2) is 0 Å². The number of nitrogens with one attached hydrogen (secondary N) is 1. The number of amides is 1. The molecule has 130 valence electrons. The molecule has 5 heteroatoms. The van der Waals surface area contributed by atoms with Crippen molar-refractivity contribution in [3.63, 3.8) is 0 Å². The monoisotopic (exact) mass is 345 g/mol. The first-order valence-electron chi connectivity index (χ1n) is 8.28. The van der Waals surface area contributed by atoms with Crippen LogP contribution in [0.2, 0.25) is 0 Å². The summed E-state index contributed by atoms with van der Waals surface area (Å²) in [5.74, 6) is 0.541. The van der Waals surface area contributed by atoms with Crippen LogP contribution in [0.4, 0.5) is 0 Å². The van der Waals surface area contributed by atoms with E-state index in [-0.39, 0.29) is 11.9 Å². The highest BCUT2D eigenvalue weighted by molar-refractivity contribution is 5.91. The molecule has 3 aromatic rings. The Morgan fingerprint density at radius 1 is 1.04 bits per heavy atom. The summed E-state index contributed by atoms with van der Waals surface area (Å²) in [7, 11) is 0. The lowest BCUT2D eigenvalue weighted by Gasteiger charge is -2.19. The van der Waals surface area contributed by atoms with Crippen molar-refractivity contribution < 1.29 is 9.53 Å². The van der Waals surface area contributed by atoms with Crippen LogP contribution < -0.4 is 10.1 Å². The minimum absolute atomic E-state index is 0.221. The molecule has 0 saturated heterocycles. The molecule has 3 rings (SSSR count). The molecule has 0 aliphatic rings. The lowest BCUT2D eigenvalue weighted by Crippen LogP contribution is -2.31. The van der Waals surface area contributed by atoms with E-state index >= 15 is 0 Å². The lowest BCUT2D eigenvalue weighted by atomic mass is 10.1. The summed E-state index contributed by atoms with van der Waals surface area (Å²) in [5.41, 5.74) is 1.60. The van der Waals surface area contributed by atoms with E-state index in [9.17, 15) is 4.79 Å². The first-order chi connectivity index (χ1) is 12.8. The summed E-state index contributed by atoms with van der Waals surface area (Å²) in [5, 5.41) is 2.97. The Hall–Kier alpha value is -3.47. The smallest absolute Gasteiger partial charge is 0.244 e. The predicted molar refractivity (Wildman–Crippen MR) is 100 cm³/mol. The standard InChI is InChI=1S/C21H19N3O2/c25-21(12-11-18-15-22-13-14-23-18)24-20(17-7-3-1-4-8-17)16-26-19-9-5-2-6-10-19/h1-15,20H,16H2,(H,24,25)/b12-11+/t20-/m1/s1. The average molecular weight is 345 g/mol. The fourth-order valence-electron chi connectivity index (χ4n) is 2.38. The van der Waals surface area contributed by atoms with Crippen LogP contribution in [-0.2, 0) is 4.79 Å². The molecule has 0 bridgehead atoms. The van der Waals surface area contributed by atoms with E-state index in [0.29, 0.717) is 12.3 Å². The fourth-order valence-corrected chi connectivity index (χ4v) is 2.38. The Labute approximate surface area is 152 Å². The van der Waals surface area contributed by atoms with Gasteiger partial charge in [0, 0.05) is 18.5 Å². The van der Waals surface area contributed by atoms with E-state index in [4.69, 9.17) is 4.74 Å². The molecule has 0 aliphatic carbocycles. The molecule has 0 radical (unpaired) electrons. The van der Waals surface area contributed by atoms with Crippen LogP contribution in [-0.4, -0.2) is 22.5 Å². The SMILES string of the molecule is O=C(/C=C/c1cnccn1)N[C@H](COc1ccccc1)c1ccccc1. The van der Waals surface area contributed by atoms with Gasteiger partial charge in [-0.2, -0.15) is 0 Å². The van der Waals surface area contributed by atoms with Gasteiger partial charge in [-0.3, -0.25) is 14.8 Å². The number of ether oxygens (including phenoxy) is 1. The number of rotatable bonds is 7. The molecular weight excluding hydrogens is 326 g/mol. The maximum Gasteiger partial charge on any atom is 0.244 e. The van der Waals surface area contributed by atoms with Gasteiger partial charge in [0.25, 0.3) is 0 Å². The van der Waals surface area contributed by atoms with Gasteiger partial charge < -0.3 is 10.1 Å². The summed E-state index contributed by atoms with van der Waals surface area (Å²) in [6, 6.07) is 19.0. The first kappa shape index (κ1) is 17.4. The molecule has 0 unspecified atom stereocenters. The molecule has 0 spiro atoms. The maximum atomic E-state index is 12.3. The van der Waals surface area contributed by atoms with Crippen LogP contribution in [0, 0.1) is 0 Å². The lowest BCUT2D eigenvalue weighted by molar-refractivity contribution is -0.117. The number of benzene rings is 2. The quantitative estimate of drug-likeness (QED) is 0.667. The van der Waals surface area contributed by atoms with Crippen molar-refractivity contribution in [3.05, 3.63) is 96.6 Å². The third-order valence-electron chi connectivity index (χ3n) is 3.67. The highest BCUT2D eigenvalue weighted by Gasteiger charge is 2.14. The summed E-state index contributed by atoms with van der Waals surface area (Å²) in [4.78, 5) is 20.4. The molecule has 0 fully saturated rings. The predicted octanol–water partition coefficient (Wildman–Crippen LogP) is 3.43. The van der Waals surface area contributed by atoms with Crippen molar-refractivity contribution in [1.29, 1.82) is 0 Å². The molecule has 26 heavy (non-hydrogen) atoms. The largest absolute Gasteiger partial charge is 0.491 e. The number of hydrogen-bond donors (Lipinski definition) is 1. The summed E-state index contributed by atoms with van der Waals surface area (Å²) < 4.78 is 5.83. The van der Waals surface area contributed by atoms with E-state index in [1.807, 2.05) is 60.7 Å². The second kappa shape index (κ2) is 9.13. The van der Waals surface area contributed by atoms with Crippen LogP contribution in [0.5, 0.6) is 5.75 Å². The van der Waals surface area contributed by atoms with Crippen LogP contribution >= 0.6 is 0 Å². The number of para-hydroxylation sites is 1. The first-order valence-corrected chi connectivity index (χ1v) is 8.28. The van der Waals surface area contributed by atoms with Gasteiger partial charge in [0.1, 0.15) is 12.4 Å². The molecule has 5 nitrogen and oxygen atoms in total. The molecule has 1 amide bonds. The van der Waals surface area contributed by atoms with Crippen molar-refractivity contribution in [2.24, 2.45) is 0 Å². The molecule has 1 atom stereocenters. The van der Waals surface area contributed by atoms with E-state index in [2.05, 4.69) is 15.3 Å². The second-order valence-corrected chi connectivity index (χ2v) is 5.56. The fraction of sp³-hybridized carbons (Fsp3) is 0.0952. The van der Waals surface area contributed by atoms with Gasteiger partial charge in [-0.15, -0.1) is 0 Å². The van der Waals surface area contributed by atoms with Gasteiger partial charge >= 0.3 is 0 Å². The Morgan fingerprint density at radius 2 is 1.77 bits per heavy atom. The Bertz CT molecular complexity index is 837. The number of aromatic nitrogens is 2. The molecule has 1 heterocycles. The molecule has 0 saturated carbocycles. The molecule has 2 aromatic carbocycles. The molecule has 0 aliphatic heterocycles. The van der Waals surface area contributed by atoms with Gasteiger partial charge in [0.2, 0.25) is 5.91 Å². The number of carbonyl (C=O) groups is 1. The van der Waals surface area contributed by atoms with Crippen LogP contribution in [0.15, 0.2) is 85.3 Å². The molecular formula is C21H19N3O2. The summed E-state index contributed by atoms with van der Waals surface area (Å²) in [6.45, 7) is 0.332. The Morgan fingerprint density at radius 3 is 2.46 bits per heavy atom. The number of carbonyl (C=O) groups excluding carboxylic acids is 1. The zero-order valence-electron chi connectivity index (χ0n) is 14.2. The normalized spacial score (nSPS) is 11.8. The summed E-state index contributed by atoms with van der Waals surface area (Å²) >= 11 is 0. The topological polar surface area (TPSA) is 64.1 Å².